The van der Waals surface area contributed by atoms with Crippen LogP contribution in [-0.4, -0.2) is 11.9 Å². The number of nitrogens with two attached hydrogens (primary N) is 1. The third-order valence-corrected chi connectivity index (χ3v) is 3.27. The van der Waals surface area contributed by atoms with Gasteiger partial charge in [0.05, 0.1) is 16.6 Å². The van der Waals surface area contributed by atoms with Gasteiger partial charge in [-0.05, 0) is 25.0 Å². The van der Waals surface area contributed by atoms with Crippen molar-refractivity contribution < 1.29 is 4.39 Å². The zero-order valence-electron chi connectivity index (χ0n) is 9.42. The largest absolute Gasteiger partial charge is 0.308 e. The van der Waals surface area contributed by atoms with Crippen molar-refractivity contribution in [3.63, 3.8) is 0 Å². The molecule has 0 saturated heterocycles. The Morgan fingerprint density at radius 1 is 1.41 bits per heavy atom. The maximum absolute atomic E-state index is 13.8. The molecule has 1 aliphatic carbocycles. The van der Waals surface area contributed by atoms with Crippen molar-refractivity contribution in [1.29, 1.82) is 0 Å². The molecule has 0 bridgehead atoms. The van der Waals surface area contributed by atoms with Crippen molar-refractivity contribution in [2.24, 2.45) is 10.8 Å². The van der Waals surface area contributed by atoms with Gasteiger partial charge >= 0.3 is 0 Å². The van der Waals surface area contributed by atoms with E-state index in [1.165, 1.54) is 18.9 Å². The molecule has 5 heteroatoms. The SMILES string of the molecule is NNC(=NC1CCCC1)c1cccc(Cl)c1F. The Balaban J connectivity index is 2.31. The number of benzene rings is 1. The minimum absolute atomic E-state index is 0.0804. The topological polar surface area (TPSA) is 50.4 Å². The lowest BCUT2D eigenvalue weighted by molar-refractivity contribution is 0.622. The molecule has 1 aliphatic rings. The zero-order valence-corrected chi connectivity index (χ0v) is 10.2. The van der Waals surface area contributed by atoms with Crippen LogP contribution in [0, 0.1) is 5.82 Å². The van der Waals surface area contributed by atoms with Gasteiger partial charge < -0.3 is 5.43 Å². The van der Waals surface area contributed by atoms with Crippen LogP contribution in [-0.2, 0) is 0 Å². The van der Waals surface area contributed by atoms with Gasteiger partial charge in [0.2, 0.25) is 0 Å². The number of aliphatic imine (C=N–C) groups is 1. The summed E-state index contributed by atoms with van der Waals surface area (Å²) in [4.78, 5) is 4.45. The predicted octanol–water partition coefficient (Wildman–Crippen LogP) is 2.63. The first kappa shape index (κ1) is 12.3. The molecule has 0 heterocycles. The van der Waals surface area contributed by atoms with Crippen molar-refractivity contribution in [3.05, 3.63) is 34.6 Å². The predicted molar refractivity (Wildman–Crippen MR) is 67.5 cm³/mol. The van der Waals surface area contributed by atoms with Crippen LogP contribution in [0.25, 0.3) is 0 Å². The second kappa shape index (κ2) is 5.47. The summed E-state index contributed by atoms with van der Waals surface area (Å²) in [7, 11) is 0. The van der Waals surface area contributed by atoms with Crippen molar-refractivity contribution in [3.8, 4) is 0 Å². The quantitative estimate of drug-likeness (QED) is 0.369. The zero-order chi connectivity index (χ0) is 12.3. The summed E-state index contributed by atoms with van der Waals surface area (Å²) in [6.45, 7) is 0. The first-order valence-corrected chi connectivity index (χ1v) is 6.09. The molecule has 3 N–H and O–H groups in total. The van der Waals surface area contributed by atoms with Gasteiger partial charge in [0, 0.05) is 0 Å². The standard InChI is InChI=1S/C12H15ClFN3/c13-10-7-3-6-9(11(10)14)12(17-15)16-8-4-1-2-5-8/h3,6-8H,1-2,4-5,15H2,(H,16,17). The average molecular weight is 256 g/mol. The summed E-state index contributed by atoms with van der Waals surface area (Å²) < 4.78 is 13.8. The molecule has 1 aromatic rings. The summed E-state index contributed by atoms with van der Waals surface area (Å²) in [5.74, 6) is 5.30. The lowest BCUT2D eigenvalue weighted by atomic mass is 10.2. The lowest BCUT2D eigenvalue weighted by Gasteiger charge is -2.10. The lowest BCUT2D eigenvalue weighted by Crippen LogP contribution is -2.33. The summed E-state index contributed by atoms with van der Waals surface area (Å²) in [6.07, 6.45) is 4.41. The van der Waals surface area contributed by atoms with Crippen LogP contribution in [0.3, 0.4) is 0 Å². The van der Waals surface area contributed by atoms with Gasteiger partial charge in [0.15, 0.2) is 5.82 Å². The molecule has 0 aromatic heterocycles. The summed E-state index contributed by atoms with van der Waals surface area (Å²) in [5, 5.41) is 0.0804. The third kappa shape index (κ3) is 2.76. The molecular formula is C12H15ClFN3. The van der Waals surface area contributed by atoms with Crippen LogP contribution in [0.4, 0.5) is 4.39 Å². The molecule has 1 aromatic carbocycles. The van der Waals surface area contributed by atoms with E-state index in [0.29, 0.717) is 11.4 Å². The van der Waals surface area contributed by atoms with Crippen molar-refractivity contribution in [1.82, 2.24) is 5.43 Å². The molecule has 0 amide bonds. The minimum atomic E-state index is -0.483. The highest BCUT2D eigenvalue weighted by Gasteiger charge is 2.17. The molecule has 3 nitrogen and oxygen atoms in total. The van der Waals surface area contributed by atoms with E-state index >= 15 is 0 Å². The monoisotopic (exact) mass is 255 g/mol. The summed E-state index contributed by atoms with van der Waals surface area (Å²) in [6, 6.07) is 5.04. The fraction of sp³-hybridized carbons (Fsp3) is 0.417. The first-order valence-electron chi connectivity index (χ1n) is 5.71. The van der Waals surface area contributed by atoms with Crippen LogP contribution in [0.2, 0.25) is 5.02 Å². The van der Waals surface area contributed by atoms with Gasteiger partial charge in [-0.15, -0.1) is 0 Å². The molecule has 0 radical (unpaired) electrons. The molecule has 2 rings (SSSR count). The molecule has 0 spiro atoms. The second-order valence-electron chi connectivity index (χ2n) is 4.16. The smallest absolute Gasteiger partial charge is 0.152 e. The van der Waals surface area contributed by atoms with Gasteiger partial charge in [-0.3, -0.25) is 4.99 Å². The summed E-state index contributed by atoms with van der Waals surface area (Å²) in [5.41, 5.74) is 2.79. The highest BCUT2D eigenvalue weighted by atomic mass is 35.5. The van der Waals surface area contributed by atoms with Crippen LogP contribution in [0.15, 0.2) is 23.2 Å². The molecule has 0 aliphatic heterocycles. The number of nitrogens with zero attached hydrogens (tertiary/aromatic N) is 1. The van der Waals surface area contributed by atoms with Gasteiger partial charge in [-0.1, -0.05) is 30.5 Å². The number of hydrogen-bond acceptors (Lipinski definition) is 2. The van der Waals surface area contributed by atoms with Gasteiger partial charge in [0.25, 0.3) is 0 Å². The van der Waals surface area contributed by atoms with E-state index in [9.17, 15) is 4.39 Å². The van der Waals surface area contributed by atoms with E-state index < -0.39 is 5.82 Å². The Bertz CT molecular complexity index is 428. The van der Waals surface area contributed by atoms with Crippen molar-refractivity contribution in [2.45, 2.75) is 31.7 Å². The van der Waals surface area contributed by atoms with Gasteiger partial charge in [-0.25, -0.2) is 10.2 Å². The molecule has 92 valence electrons. The normalized spacial score (nSPS) is 17.5. The maximum atomic E-state index is 13.8. The molecule has 1 fully saturated rings. The van der Waals surface area contributed by atoms with E-state index in [1.807, 2.05) is 0 Å². The minimum Gasteiger partial charge on any atom is -0.308 e. The Morgan fingerprint density at radius 3 is 2.76 bits per heavy atom. The van der Waals surface area contributed by atoms with E-state index in [4.69, 9.17) is 17.4 Å². The summed E-state index contributed by atoms with van der Waals surface area (Å²) >= 11 is 5.73. The van der Waals surface area contributed by atoms with Crippen LogP contribution >= 0.6 is 11.6 Å². The van der Waals surface area contributed by atoms with Crippen LogP contribution in [0.1, 0.15) is 31.2 Å². The van der Waals surface area contributed by atoms with Crippen molar-refractivity contribution >= 4 is 17.4 Å². The molecule has 17 heavy (non-hydrogen) atoms. The van der Waals surface area contributed by atoms with Gasteiger partial charge in [-0.2, -0.15) is 0 Å². The fourth-order valence-corrected chi connectivity index (χ4v) is 2.26. The molecule has 0 atom stereocenters. The molecule has 0 unspecified atom stereocenters. The second-order valence-corrected chi connectivity index (χ2v) is 4.57. The Hall–Kier alpha value is -1.13. The highest BCUT2D eigenvalue weighted by Crippen LogP contribution is 2.23. The van der Waals surface area contributed by atoms with E-state index in [2.05, 4.69) is 10.4 Å². The number of amidine groups is 1. The Kier molecular flexibility index (Phi) is 3.97. The third-order valence-electron chi connectivity index (χ3n) is 2.98. The Labute approximate surface area is 105 Å². The number of hydrogen-bond donors (Lipinski definition) is 2. The van der Waals surface area contributed by atoms with Crippen LogP contribution in [0.5, 0.6) is 0 Å². The maximum Gasteiger partial charge on any atom is 0.152 e. The first-order chi connectivity index (χ1) is 8.22. The number of halogens is 2. The van der Waals surface area contributed by atoms with E-state index in [0.717, 1.165) is 12.8 Å². The number of nitrogens with one attached hydrogen (secondary N) is 1. The van der Waals surface area contributed by atoms with Crippen molar-refractivity contribution in [2.75, 3.05) is 0 Å². The highest BCUT2D eigenvalue weighted by molar-refractivity contribution is 6.31. The van der Waals surface area contributed by atoms with Crippen LogP contribution < -0.4 is 11.3 Å². The fourth-order valence-electron chi connectivity index (χ4n) is 2.09. The average Bonchev–Trinajstić information content (AvgIpc) is 2.83. The molecule has 1 saturated carbocycles. The van der Waals surface area contributed by atoms with E-state index in [-0.39, 0.29) is 11.1 Å². The van der Waals surface area contributed by atoms with E-state index in [1.54, 1.807) is 12.1 Å². The molecular weight excluding hydrogens is 241 g/mol. The Morgan fingerprint density at radius 2 is 2.12 bits per heavy atom. The number of hydrazine groups is 1. The van der Waals surface area contributed by atoms with Gasteiger partial charge in [0.1, 0.15) is 5.84 Å². The number of rotatable bonds is 2.